The van der Waals surface area contributed by atoms with E-state index in [0.29, 0.717) is 5.56 Å². The predicted octanol–water partition coefficient (Wildman–Crippen LogP) is 7.94. The molecule has 188 valence electrons. The van der Waals surface area contributed by atoms with E-state index in [0.717, 1.165) is 12.1 Å². The standard InChI is InChI=1S/C23H13Cl6F2N3O2/c24-12-2-1-9(5-11(12)21(35)34-10-6-15(30)20(32)16(31)7-10)33-22(36)18-17(23(18,28)29)8-3-13(25)19(27)14(26)4-8/h1-7,17-18H,32H2,(H,33,36)(H,34,35)/t17-,18+/m0/s1. The summed E-state index contributed by atoms with van der Waals surface area (Å²) < 4.78 is 26.0. The number of carbonyl (C=O) groups excluding carboxylic acids is 2. The number of anilines is 3. The minimum Gasteiger partial charge on any atom is -0.394 e. The molecule has 1 saturated carbocycles. The molecule has 1 aliphatic rings. The van der Waals surface area contributed by atoms with Crippen LogP contribution in [0.3, 0.4) is 0 Å². The normalized spacial score (nSPS) is 18.0. The molecule has 0 radical (unpaired) electrons. The molecule has 3 aromatic carbocycles. The molecule has 0 aliphatic heterocycles. The maximum Gasteiger partial charge on any atom is 0.257 e. The first-order chi connectivity index (χ1) is 16.8. The molecule has 3 aromatic rings. The van der Waals surface area contributed by atoms with Gasteiger partial charge in [-0.2, -0.15) is 0 Å². The van der Waals surface area contributed by atoms with Crippen LogP contribution < -0.4 is 16.4 Å². The zero-order chi connectivity index (χ0) is 26.5. The Labute approximate surface area is 233 Å². The molecule has 1 aliphatic carbocycles. The summed E-state index contributed by atoms with van der Waals surface area (Å²) in [6.07, 6.45) is 0. The summed E-state index contributed by atoms with van der Waals surface area (Å²) in [5.41, 5.74) is 5.04. The van der Waals surface area contributed by atoms with E-state index in [1.807, 2.05) is 0 Å². The van der Waals surface area contributed by atoms with Crippen LogP contribution in [-0.4, -0.2) is 16.1 Å². The van der Waals surface area contributed by atoms with Crippen molar-refractivity contribution in [3.63, 3.8) is 0 Å². The lowest BCUT2D eigenvalue weighted by Crippen LogP contribution is -2.18. The Morgan fingerprint density at radius 1 is 0.833 bits per heavy atom. The van der Waals surface area contributed by atoms with Gasteiger partial charge >= 0.3 is 0 Å². The number of nitrogen functional groups attached to an aromatic ring is 1. The number of benzene rings is 3. The second-order valence-electron chi connectivity index (χ2n) is 7.92. The van der Waals surface area contributed by atoms with Gasteiger partial charge < -0.3 is 16.4 Å². The second-order valence-corrected chi connectivity index (χ2v) is 11.0. The van der Waals surface area contributed by atoms with Gasteiger partial charge in [0.15, 0.2) is 11.6 Å². The van der Waals surface area contributed by atoms with Crippen molar-refractivity contribution in [1.82, 2.24) is 0 Å². The molecule has 5 nitrogen and oxygen atoms in total. The molecule has 2 amide bonds. The van der Waals surface area contributed by atoms with Gasteiger partial charge in [0.2, 0.25) is 5.91 Å². The zero-order valence-corrected chi connectivity index (χ0v) is 22.1. The van der Waals surface area contributed by atoms with Crippen molar-refractivity contribution in [3.05, 3.63) is 85.3 Å². The highest BCUT2D eigenvalue weighted by Gasteiger charge is 2.67. The minimum absolute atomic E-state index is 0.0284. The van der Waals surface area contributed by atoms with Gasteiger partial charge in [0.05, 0.1) is 31.6 Å². The first-order valence-corrected chi connectivity index (χ1v) is 12.3. The topological polar surface area (TPSA) is 84.2 Å². The first-order valence-electron chi connectivity index (χ1n) is 9.99. The maximum absolute atomic E-state index is 13.7. The van der Waals surface area contributed by atoms with Crippen LogP contribution in [0.1, 0.15) is 21.8 Å². The van der Waals surface area contributed by atoms with Crippen molar-refractivity contribution in [1.29, 1.82) is 0 Å². The molecule has 0 spiro atoms. The van der Waals surface area contributed by atoms with Gasteiger partial charge in [0.25, 0.3) is 5.91 Å². The fourth-order valence-electron chi connectivity index (χ4n) is 3.67. The van der Waals surface area contributed by atoms with E-state index >= 15 is 0 Å². The molecule has 13 heteroatoms. The van der Waals surface area contributed by atoms with E-state index in [-0.39, 0.29) is 37.0 Å². The SMILES string of the molecule is Nc1c(F)cc(NC(=O)c2cc(NC(=O)[C@H]3[C@H](c4cc(Cl)c(Cl)c(Cl)c4)C3(Cl)Cl)ccc2Cl)cc1F. The average Bonchev–Trinajstić information content (AvgIpc) is 3.38. The molecule has 0 heterocycles. The van der Waals surface area contributed by atoms with E-state index in [4.69, 9.17) is 75.3 Å². The highest BCUT2D eigenvalue weighted by Crippen LogP contribution is 2.65. The number of hydrogen-bond acceptors (Lipinski definition) is 3. The smallest absolute Gasteiger partial charge is 0.257 e. The van der Waals surface area contributed by atoms with Crippen LogP contribution in [0.5, 0.6) is 0 Å². The molecular formula is C23H13Cl6F2N3O2. The van der Waals surface area contributed by atoms with Crippen LogP contribution >= 0.6 is 69.6 Å². The van der Waals surface area contributed by atoms with Crippen LogP contribution in [0.2, 0.25) is 20.1 Å². The number of nitrogens with one attached hydrogen (secondary N) is 2. The highest BCUT2D eigenvalue weighted by atomic mass is 35.5. The lowest BCUT2D eigenvalue weighted by Gasteiger charge is -2.11. The Morgan fingerprint density at radius 3 is 2.00 bits per heavy atom. The predicted molar refractivity (Wildman–Crippen MR) is 141 cm³/mol. The van der Waals surface area contributed by atoms with E-state index in [1.165, 1.54) is 30.3 Å². The minimum atomic E-state index is -1.44. The summed E-state index contributed by atoms with van der Waals surface area (Å²) in [5, 5.41) is 5.53. The van der Waals surface area contributed by atoms with Crippen molar-refractivity contribution < 1.29 is 18.4 Å². The summed E-state index contributed by atoms with van der Waals surface area (Å²) >= 11 is 37.0. The maximum atomic E-state index is 13.7. The lowest BCUT2D eigenvalue weighted by molar-refractivity contribution is -0.117. The van der Waals surface area contributed by atoms with Gasteiger partial charge in [-0.25, -0.2) is 8.78 Å². The highest BCUT2D eigenvalue weighted by molar-refractivity contribution is 6.54. The van der Waals surface area contributed by atoms with Crippen molar-refractivity contribution in [2.45, 2.75) is 10.3 Å². The van der Waals surface area contributed by atoms with Gasteiger partial charge in [-0.1, -0.05) is 46.4 Å². The van der Waals surface area contributed by atoms with Gasteiger partial charge in [-0.15, -0.1) is 23.2 Å². The lowest BCUT2D eigenvalue weighted by atomic mass is 10.1. The van der Waals surface area contributed by atoms with Gasteiger partial charge in [0, 0.05) is 17.3 Å². The fourth-order valence-corrected chi connectivity index (χ4v) is 5.32. The molecular weight excluding hydrogens is 601 g/mol. The van der Waals surface area contributed by atoms with Crippen molar-refractivity contribution >= 4 is 98.5 Å². The molecule has 4 N–H and O–H groups in total. The Kier molecular flexibility index (Phi) is 7.55. The summed E-state index contributed by atoms with van der Waals surface area (Å²) in [6.45, 7) is 0. The van der Waals surface area contributed by atoms with Crippen LogP contribution in [0.4, 0.5) is 25.8 Å². The number of rotatable bonds is 5. The van der Waals surface area contributed by atoms with Crippen LogP contribution in [0.15, 0.2) is 42.5 Å². The van der Waals surface area contributed by atoms with Crippen molar-refractivity contribution in [2.75, 3.05) is 16.4 Å². The molecule has 0 bridgehead atoms. The Morgan fingerprint density at radius 2 is 1.42 bits per heavy atom. The molecule has 36 heavy (non-hydrogen) atoms. The summed E-state index contributed by atoms with van der Waals surface area (Å²) in [7, 11) is 0. The number of carbonyl (C=O) groups is 2. The largest absolute Gasteiger partial charge is 0.394 e. The van der Waals surface area contributed by atoms with E-state index in [9.17, 15) is 18.4 Å². The average molecular weight is 614 g/mol. The Balaban J connectivity index is 1.52. The molecule has 0 saturated heterocycles. The molecule has 0 unspecified atom stereocenters. The van der Waals surface area contributed by atoms with Crippen LogP contribution in [-0.2, 0) is 4.79 Å². The number of halogens is 8. The van der Waals surface area contributed by atoms with E-state index < -0.39 is 45.3 Å². The van der Waals surface area contributed by atoms with Crippen molar-refractivity contribution in [3.8, 4) is 0 Å². The van der Waals surface area contributed by atoms with Crippen LogP contribution in [0, 0.1) is 17.6 Å². The van der Waals surface area contributed by atoms with Gasteiger partial charge in [-0.3, -0.25) is 9.59 Å². The Bertz CT molecular complexity index is 1370. The monoisotopic (exact) mass is 611 g/mol. The van der Waals surface area contributed by atoms with Gasteiger partial charge in [-0.05, 0) is 48.0 Å². The third kappa shape index (κ3) is 5.19. The van der Waals surface area contributed by atoms with Crippen molar-refractivity contribution in [2.24, 2.45) is 5.92 Å². The number of amides is 2. The fraction of sp³-hybridized carbons (Fsp3) is 0.130. The summed E-state index contributed by atoms with van der Waals surface area (Å²) in [5.74, 6) is -4.89. The zero-order valence-electron chi connectivity index (χ0n) is 17.6. The quantitative estimate of drug-likeness (QED) is 0.155. The summed E-state index contributed by atoms with van der Waals surface area (Å²) in [6, 6.07) is 8.89. The third-order valence-corrected chi connectivity index (χ3v) is 7.98. The number of hydrogen-bond donors (Lipinski definition) is 3. The third-order valence-electron chi connectivity index (χ3n) is 5.52. The number of alkyl halides is 2. The van der Waals surface area contributed by atoms with Crippen LogP contribution in [0.25, 0.3) is 0 Å². The summed E-state index contributed by atoms with van der Waals surface area (Å²) in [4.78, 5) is 25.7. The second kappa shape index (κ2) is 10.0. The first kappa shape index (κ1) is 27.0. The van der Waals surface area contributed by atoms with E-state index in [1.54, 1.807) is 0 Å². The molecule has 0 aromatic heterocycles. The number of nitrogens with two attached hydrogens (primary N) is 1. The van der Waals surface area contributed by atoms with Gasteiger partial charge in [0.1, 0.15) is 10.0 Å². The Hall–Kier alpha value is -2.00. The molecule has 4 rings (SSSR count). The van der Waals surface area contributed by atoms with E-state index in [2.05, 4.69) is 10.6 Å². The molecule has 2 atom stereocenters. The molecule has 1 fully saturated rings.